The summed E-state index contributed by atoms with van der Waals surface area (Å²) in [6.45, 7) is 7.00. The summed E-state index contributed by atoms with van der Waals surface area (Å²) < 4.78 is 5.15. The Bertz CT molecular complexity index is 161. The van der Waals surface area contributed by atoms with Crippen LogP contribution in [0.25, 0.3) is 0 Å². The van der Waals surface area contributed by atoms with E-state index in [1.807, 2.05) is 6.92 Å². The molecule has 0 spiro atoms. The first-order valence-electron chi connectivity index (χ1n) is 4.51. The SMILES string of the molecule is CC/C=C\C(C)C(=NCC)OC. The number of allylic oxidation sites excluding steroid dienone is 1. The Labute approximate surface area is 75.3 Å². The second-order valence-electron chi connectivity index (χ2n) is 2.64. The highest BCUT2D eigenvalue weighted by Gasteiger charge is 2.05. The fraction of sp³-hybridized carbons (Fsp3) is 0.700. The topological polar surface area (TPSA) is 21.6 Å². The highest BCUT2D eigenvalue weighted by atomic mass is 16.5. The van der Waals surface area contributed by atoms with Gasteiger partial charge < -0.3 is 4.74 Å². The number of ether oxygens (including phenoxy) is 1. The molecule has 0 aromatic rings. The zero-order chi connectivity index (χ0) is 9.40. The molecule has 1 unspecified atom stereocenters. The molecule has 0 heterocycles. The van der Waals surface area contributed by atoms with Gasteiger partial charge in [0.15, 0.2) is 5.90 Å². The molecule has 0 saturated heterocycles. The smallest absolute Gasteiger partial charge is 0.189 e. The van der Waals surface area contributed by atoms with Gasteiger partial charge in [-0.15, -0.1) is 0 Å². The van der Waals surface area contributed by atoms with Crippen LogP contribution in [0.15, 0.2) is 17.1 Å². The van der Waals surface area contributed by atoms with Crippen LogP contribution in [0, 0.1) is 5.92 Å². The molecular weight excluding hydrogens is 150 g/mol. The van der Waals surface area contributed by atoms with E-state index in [0.29, 0.717) is 5.92 Å². The van der Waals surface area contributed by atoms with Gasteiger partial charge in [-0.3, -0.25) is 4.99 Å². The van der Waals surface area contributed by atoms with Crippen molar-refractivity contribution in [1.29, 1.82) is 0 Å². The molecular formula is C10H19NO. The van der Waals surface area contributed by atoms with E-state index >= 15 is 0 Å². The van der Waals surface area contributed by atoms with Gasteiger partial charge in [-0.25, -0.2) is 0 Å². The largest absolute Gasteiger partial charge is 0.484 e. The lowest BCUT2D eigenvalue weighted by Gasteiger charge is -2.08. The Morgan fingerprint density at radius 1 is 1.50 bits per heavy atom. The summed E-state index contributed by atoms with van der Waals surface area (Å²) in [6.07, 6.45) is 5.32. The van der Waals surface area contributed by atoms with Crippen LogP contribution in [-0.2, 0) is 4.74 Å². The van der Waals surface area contributed by atoms with Crippen molar-refractivity contribution in [2.45, 2.75) is 27.2 Å². The van der Waals surface area contributed by atoms with Gasteiger partial charge in [-0.2, -0.15) is 0 Å². The Hall–Kier alpha value is -0.790. The predicted molar refractivity (Wildman–Crippen MR) is 53.6 cm³/mol. The Kier molecular flexibility index (Phi) is 6.44. The molecule has 2 heteroatoms. The molecule has 12 heavy (non-hydrogen) atoms. The molecule has 70 valence electrons. The van der Waals surface area contributed by atoms with Gasteiger partial charge >= 0.3 is 0 Å². The zero-order valence-corrected chi connectivity index (χ0v) is 8.50. The van der Waals surface area contributed by atoms with Crippen LogP contribution < -0.4 is 0 Å². The summed E-state index contributed by atoms with van der Waals surface area (Å²) in [5.41, 5.74) is 0. The zero-order valence-electron chi connectivity index (χ0n) is 8.50. The average Bonchev–Trinajstić information content (AvgIpc) is 2.10. The molecule has 0 N–H and O–H groups in total. The van der Waals surface area contributed by atoms with Gasteiger partial charge in [0.2, 0.25) is 0 Å². The van der Waals surface area contributed by atoms with Crippen molar-refractivity contribution >= 4 is 5.90 Å². The molecule has 2 nitrogen and oxygen atoms in total. The molecule has 0 amide bonds. The Morgan fingerprint density at radius 3 is 2.58 bits per heavy atom. The normalized spacial score (nSPS) is 15.2. The van der Waals surface area contributed by atoms with Crippen molar-refractivity contribution in [3.8, 4) is 0 Å². The maximum Gasteiger partial charge on any atom is 0.189 e. The van der Waals surface area contributed by atoms with E-state index in [2.05, 4.69) is 31.0 Å². The van der Waals surface area contributed by atoms with E-state index in [1.54, 1.807) is 7.11 Å². The third kappa shape index (κ3) is 4.16. The average molecular weight is 169 g/mol. The molecule has 0 aromatic heterocycles. The molecule has 1 atom stereocenters. The molecule has 0 radical (unpaired) electrons. The van der Waals surface area contributed by atoms with E-state index in [4.69, 9.17) is 4.74 Å². The van der Waals surface area contributed by atoms with Crippen molar-refractivity contribution in [3.63, 3.8) is 0 Å². The quantitative estimate of drug-likeness (QED) is 0.360. The minimum atomic E-state index is 0.301. The van der Waals surface area contributed by atoms with Crippen molar-refractivity contribution in [3.05, 3.63) is 12.2 Å². The Morgan fingerprint density at radius 2 is 2.17 bits per heavy atom. The van der Waals surface area contributed by atoms with Crippen LogP contribution in [0.4, 0.5) is 0 Å². The lowest BCUT2D eigenvalue weighted by atomic mass is 10.1. The van der Waals surface area contributed by atoms with Crippen molar-refractivity contribution in [1.82, 2.24) is 0 Å². The summed E-state index contributed by atoms with van der Waals surface area (Å²) in [4.78, 5) is 4.24. The molecule has 0 aromatic carbocycles. The molecule has 0 saturated carbocycles. The van der Waals surface area contributed by atoms with Crippen LogP contribution in [0.1, 0.15) is 27.2 Å². The third-order valence-corrected chi connectivity index (χ3v) is 1.57. The van der Waals surface area contributed by atoms with Gasteiger partial charge in [0.1, 0.15) is 0 Å². The summed E-state index contributed by atoms with van der Waals surface area (Å²) in [5.74, 6) is 1.12. The fourth-order valence-corrected chi connectivity index (χ4v) is 0.973. The van der Waals surface area contributed by atoms with Gasteiger partial charge in [-0.05, 0) is 13.3 Å². The maximum atomic E-state index is 5.15. The molecule has 0 aliphatic carbocycles. The summed E-state index contributed by atoms with van der Waals surface area (Å²) in [7, 11) is 1.67. The van der Waals surface area contributed by atoms with Gasteiger partial charge in [0, 0.05) is 12.5 Å². The summed E-state index contributed by atoms with van der Waals surface area (Å²) >= 11 is 0. The standard InChI is InChI=1S/C10H19NO/c1-5-7-8-9(3)10(12-4)11-6-2/h7-9H,5-6H2,1-4H3/b8-7-,11-10?. The number of nitrogens with zero attached hydrogens (tertiary/aromatic N) is 1. The second-order valence-corrected chi connectivity index (χ2v) is 2.64. The van der Waals surface area contributed by atoms with Crippen LogP contribution >= 0.6 is 0 Å². The van der Waals surface area contributed by atoms with Crippen LogP contribution in [0.2, 0.25) is 0 Å². The number of hydrogen-bond donors (Lipinski definition) is 0. The highest BCUT2D eigenvalue weighted by Crippen LogP contribution is 2.02. The van der Waals surface area contributed by atoms with Crippen LogP contribution in [-0.4, -0.2) is 19.6 Å². The number of rotatable bonds is 4. The van der Waals surface area contributed by atoms with Gasteiger partial charge in [0.05, 0.1) is 7.11 Å². The van der Waals surface area contributed by atoms with E-state index in [1.165, 1.54) is 0 Å². The molecule has 0 bridgehead atoms. The third-order valence-electron chi connectivity index (χ3n) is 1.57. The number of hydrogen-bond acceptors (Lipinski definition) is 2. The van der Waals surface area contributed by atoms with E-state index in [-0.39, 0.29) is 0 Å². The van der Waals surface area contributed by atoms with Crippen LogP contribution in [0.5, 0.6) is 0 Å². The van der Waals surface area contributed by atoms with E-state index in [0.717, 1.165) is 18.9 Å². The Balaban J connectivity index is 4.11. The first-order chi connectivity index (χ1) is 5.76. The molecule has 0 rings (SSSR count). The lowest BCUT2D eigenvalue weighted by molar-refractivity contribution is 0.378. The van der Waals surface area contributed by atoms with Gasteiger partial charge in [-0.1, -0.05) is 26.0 Å². The first kappa shape index (κ1) is 11.2. The minimum absolute atomic E-state index is 0.301. The molecule has 0 fully saturated rings. The number of aliphatic imine (C=N–C) groups is 1. The summed E-state index contributed by atoms with van der Waals surface area (Å²) in [6, 6.07) is 0. The van der Waals surface area contributed by atoms with Crippen LogP contribution in [0.3, 0.4) is 0 Å². The predicted octanol–water partition coefficient (Wildman–Crippen LogP) is 2.65. The van der Waals surface area contributed by atoms with Crippen molar-refractivity contribution in [2.24, 2.45) is 10.9 Å². The highest BCUT2D eigenvalue weighted by molar-refractivity contribution is 5.79. The second kappa shape index (κ2) is 6.89. The van der Waals surface area contributed by atoms with Gasteiger partial charge in [0.25, 0.3) is 0 Å². The lowest BCUT2D eigenvalue weighted by Crippen LogP contribution is -2.11. The fourth-order valence-electron chi connectivity index (χ4n) is 0.973. The number of methoxy groups -OCH3 is 1. The van der Waals surface area contributed by atoms with E-state index < -0.39 is 0 Å². The minimum Gasteiger partial charge on any atom is -0.484 e. The summed E-state index contributed by atoms with van der Waals surface area (Å²) in [5, 5.41) is 0. The van der Waals surface area contributed by atoms with Crippen molar-refractivity contribution in [2.75, 3.05) is 13.7 Å². The monoisotopic (exact) mass is 169 g/mol. The maximum absolute atomic E-state index is 5.15. The van der Waals surface area contributed by atoms with Crippen molar-refractivity contribution < 1.29 is 4.74 Å². The molecule has 0 aliphatic heterocycles. The van der Waals surface area contributed by atoms with E-state index in [9.17, 15) is 0 Å². The first-order valence-corrected chi connectivity index (χ1v) is 4.51. The molecule has 0 aliphatic rings.